The molecule has 3 aliphatic heterocycles. The number of benzene rings is 1. The summed E-state index contributed by atoms with van der Waals surface area (Å²) < 4.78 is 5.39. The Bertz CT molecular complexity index is 833. The van der Waals surface area contributed by atoms with E-state index in [0.29, 0.717) is 41.8 Å². The molecule has 0 bridgehead atoms. The van der Waals surface area contributed by atoms with E-state index in [1.165, 1.54) is 0 Å². The van der Waals surface area contributed by atoms with Crippen molar-refractivity contribution in [2.45, 2.75) is 55.9 Å². The average molecular weight is 433 g/mol. The van der Waals surface area contributed by atoms with Crippen molar-refractivity contribution in [1.29, 1.82) is 0 Å². The van der Waals surface area contributed by atoms with Gasteiger partial charge < -0.3 is 25.6 Å². The summed E-state index contributed by atoms with van der Waals surface area (Å²) in [5.74, 6) is 1.63. The molecule has 30 heavy (non-hydrogen) atoms. The van der Waals surface area contributed by atoms with Crippen molar-refractivity contribution in [3.8, 4) is 5.75 Å². The first-order valence-electron chi connectivity index (χ1n) is 10.5. The summed E-state index contributed by atoms with van der Waals surface area (Å²) in [4.78, 5) is 37.7. The van der Waals surface area contributed by atoms with Crippen LogP contribution in [0.4, 0.5) is 16.2 Å². The van der Waals surface area contributed by atoms with Crippen LogP contribution in [0.2, 0.25) is 0 Å². The molecule has 3 aliphatic rings. The van der Waals surface area contributed by atoms with Crippen LogP contribution in [0.25, 0.3) is 0 Å². The molecule has 162 valence electrons. The number of urea groups is 1. The minimum Gasteiger partial charge on any atom is -0.495 e. The Kier molecular flexibility index (Phi) is 6.36. The molecule has 8 nitrogen and oxygen atoms in total. The quantitative estimate of drug-likeness (QED) is 0.433. The molecule has 3 N–H and O–H groups in total. The van der Waals surface area contributed by atoms with Crippen LogP contribution in [-0.2, 0) is 9.59 Å². The Morgan fingerprint density at radius 1 is 1.30 bits per heavy atom. The number of hydrogen-bond acceptors (Lipinski definition) is 5. The zero-order chi connectivity index (χ0) is 21.1. The van der Waals surface area contributed by atoms with Crippen molar-refractivity contribution >= 4 is 41.0 Å². The highest BCUT2D eigenvalue weighted by atomic mass is 32.2. The van der Waals surface area contributed by atoms with E-state index >= 15 is 0 Å². The number of anilines is 2. The number of ether oxygens (including phenoxy) is 1. The first kappa shape index (κ1) is 20.8. The number of fused-ring (bicyclic) bond motifs is 1. The van der Waals surface area contributed by atoms with Crippen molar-refractivity contribution in [3.05, 3.63) is 18.2 Å². The van der Waals surface area contributed by atoms with Crippen LogP contribution in [0.3, 0.4) is 0 Å². The topological polar surface area (TPSA) is 99.8 Å². The van der Waals surface area contributed by atoms with Gasteiger partial charge in [-0.25, -0.2) is 4.79 Å². The Morgan fingerprint density at radius 2 is 2.17 bits per heavy atom. The summed E-state index contributed by atoms with van der Waals surface area (Å²) in [7, 11) is 1.58. The normalized spacial score (nSPS) is 25.1. The van der Waals surface area contributed by atoms with Crippen molar-refractivity contribution in [2.75, 3.05) is 29.6 Å². The number of methoxy groups -OCH3 is 1. The number of unbranched alkanes of at least 4 members (excludes halogenated alkanes) is 1. The van der Waals surface area contributed by atoms with Crippen LogP contribution in [0.5, 0.6) is 5.75 Å². The molecule has 0 spiro atoms. The second-order valence-electron chi connectivity index (χ2n) is 7.95. The molecule has 9 heteroatoms. The molecular formula is C21H28N4O4S. The fourth-order valence-electron chi connectivity index (χ4n) is 4.38. The number of nitrogens with one attached hydrogen (secondary N) is 3. The highest BCUT2D eigenvalue weighted by Gasteiger charge is 2.42. The van der Waals surface area contributed by atoms with Gasteiger partial charge in [-0.3, -0.25) is 9.59 Å². The number of amides is 4. The standard InChI is InChI=1S/C21H28N4O4S/c1-29-16-9-8-13(11-15(16)25-10-4-7-19(25)27)22-18(26)6-3-2-5-17-20-14(12-30-17)23-21(28)24-20/h8-9,11,14,17,20H,2-7,10,12H2,1H3,(H,22,26)(H2,23,24,28)/t14-,17-,20-/m0/s1. The lowest BCUT2D eigenvalue weighted by Crippen LogP contribution is -2.36. The Morgan fingerprint density at radius 3 is 2.93 bits per heavy atom. The Labute approximate surface area is 180 Å². The van der Waals surface area contributed by atoms with Gasteiger partial charge >= 0.3 is 6.03 Å². The van der Waals surface area contributed by atoms with Gasteiger partial charge in [0.2, 0.25) is 11.8 Å². The minimum absolute atomic E-state index is 0.0355. The maximum atomic E-state index is 12.4. The Balaban J connectivity index is 1.25. The highest BCUT2D eigenvalue weighted by Crippen LogP contribution is 2.35. The van der Waals surface area contributed by atoms with Crippen LogP contribution < -0.4 is 25.6 Å². The monoisotopic (exact) mass is 432 g/mol. The second-order valence-corrected chi connectivity index (χ2v) is 9.22. The summed E-state index contributed by atoms with van der Waals surface area (Å²) in [6.07, 6.45) is 4.56. The molecule has 0 radical (unpaired) electrons. The number of carbonyl (C=O) groups excluding carboxylic acids is 3. The van der Waals surface area contributed by atoms with Crippen molar-refractivity contribution < 1.29 is 19.1 Å². The fourth-order valence-corrected chi connectivity index (χ4v) is 5.92. The van der Waals surface area contributed by atoms with E-state index in [1.54, 1.807) is 24.1 Å². The van der Waals surface area contributed by atoms with Crippen molar-refractivity contribution in [3.63, 3.8) is 0 Å². The predicted octanol–water partition coefficient (Wildman–Crippen LogP) is 2.49. The van der Waals surface area contributed by atoms with Crippen molar-refractivity contribution in [1.82, 2.24) is 10.6 Å². The molecule has 3 atom stereocenters. The molecule has 1 aromatic carbocycles. The van der Waals surface area contributed by atoms with E-state index in [9.17, 15) is 14.4 Å². The number of carbonyl (C=O) groups is 3. The zero-order valence-electron chi connectivity index (χ0n) is 17.1. The van der Waals surface area contributed by atoms with Crippen molar-refractivity contribution in [2.24, 2.45) is 0 Å². The first-order valence-corrected chi connectivity index (χ1v) is 11.6. The molecule has 4 amide bonds. The maximum absolute atomic E-state index is 12.4. The lowest BCUT2D eigenvalue weighted by Gasteiger charge is -2.20. The van der Waals surface area contributed by atoms with E-state index in [0.717, 1.165) is 31.4 Å². The summed E-state index contributed by atoms with van der Waals surface area (Å²) in [6, 6.07) is 5.78. The van der Waals surface area contributed by atoms with Gasteiger partial charge in [0.1, 0.15) is 5.75 Å². The largest absolute Gasteiger partial charge is 0.495 e. The van der Waals surface area contributed by atoms with Crippen LogP contribution in [0, 0.1) is 0 Å². The summed E-state index contributed by atoms with van der Waals surface area (Å²) >= 11 is 1.89. The minimum atomic E-state index is -0.0656. The van der Waals surface area contributed by atoms with Gasteiger partial charge in [-0.1, -0.05) is 6.42 Å². The third-order valence-electron chi connectivity index (χ3n) is 5.91. The van der Waals surface area contributed by atoms with E-state index in [2.05, 4.69) is 16.0 Å². The molecule has 4 rings (SSSR count). The average Bonchev–Trinajstić information content (AvgIpc) is 3.41. The van der Waals surface area contributed by atoms with Crippen LogP contribution >= 0.6 is 11.8 Å². The van der Waals surface area contributed by atoms with Gasteiger partial charge in [-0.05, 0) is 37.5 Å². The van der Waals surface area contributed by atoms with Gasteiger partial charge in [0.15, 0.2) is 0 Å². The molecule has 0 unspecified atom stereocenters. The number of thioether (sulfide) groups is 1. The van der Waals surface area contributed by atoms with Gasteiger partial charge in [0.05, 0.1) is 24.9 Å². The predicted molar refractivity (Wildman–Crippen MR) is 117 cm³/mol. The molecule has 0 saturated carbocycles. The maximum Gasteiger partial charge on any atom is 0.315 e. The smallest absolute Gasteiger partial charge is 0.315 e. The molecule has 0 aromatic heterocycles. The van der Waals surface area contributed by atoms with Gasteiger partial charge in [0, 0.05) is 36.1 Å². The molecular weight excluding hydrogens is 404 g/mol. The highest BCUT2D eigenvalue weighted by molar-refractivity contribution is 8.00. The van der Waals surface area contributed by atoms with Crippen LogP contribution in [-0.4, -0.2) is 54.6 Å². The van der Waals surface area contributed by atoms with Gasteiger partial charge in [-0.2, -0.15) is 11.8 Å². The van der Waals surface area contributed by atoms with E-state index < -0.39 is 0 Å². The molecule has 3 fully saturated rings. The van der Waals surface area contributed by atoms with E-state index in [4.69, 9.17) is 4.74 Å². The van der Waals surface area contributed by atoms with Gasteiger partial charge in [0.25, 0.3) is 0 Å². The Hall–Kier alpha value is -2.42. The number of rotatable bonds is 8. The molecule has 1 aromatic rings. The van der Waals surface area contributed by atoms with E-state index in [-0.39, 0.29) is 29.9 Å². The zero-order valence-corrected chi connectivity index (χ0v) is 17.9. The fraction of sp³-hybridized carbons (Fsp3) is 0.571. The lowest BCUT2D eigenvalue weighted by atomic mass is 10.0. The SMILES string of the molecule is COc1ccc(NC(=O)CCCC[C@@H]2SC[C@@H]3NC(=O)N[C@@H]32)cc1N1CCCC1=O. The number of nitrogens with zero attached hydrogens (tertiary/aromatic N) is 1. The first-order chi connectivity index (χ1) is 14.5. The summed E-state index contributed by atoms with van der Waals surface area (Å²) in [5.41, 5.74) is 1.38. The summed E-state index contributed by atoms with van der Waals surface area (Å²) in [5, 5.41) is 9.30. The third kappa shape index (κ3) is 4.50. The molecule has 3 heterocycles. The van der Waals surface area contributed by atoms with Gasteiger partial charge in [-0.15, -0.1) is 0 Å². The molecule has 0 aliphatic carbocycles. The van der Waals surface area contributed by atoms with Crippen LogP contribution in [0.1, 0.15) is 38.5 Å². The molecule has 3 saturated heterocycles. The third-order valence-corrected chi connectivity index (χ3v) is 7.42. The second kappa shape index (κ2) is 9.16. The lowest BCUT2D eigenvalue weighted by molar-refractivity contribution is -0.117. The van der Waals surface area contributed by atoms with Crippen LogP contribution in [0.15, 0.2) is 18.2 Å². The summed E-state index contributed by atoms with van der Waals surface area (Å²) in [6.45, 7) is 0.670. The number of hydrogen-bond donors (Lipinski definition) is 3. The van der Waals surface area contributed by atoms with E-state index in [1.807, 2.05) is 17.8 Å².